The number of carbonyl (C=O) groups excluding carboxylic acids is 1. The number of ether oxygens (including phenoxy) is 3. The van der Waals surface area contributed by atoms with E-state index >= 15 is 0 Å². The molecule has 1 aromatic rings. The molecule has 0 saturated carbocycles. The van der Waals surface area contributed by atoms with E-state index in [9.17, 15) is 4.79 Å². The number of nitrogens with one attached hydrogen (secondary N) is 1. The molecule has 18 heavy (non-hydrogen) atoms. The maximum Gasteiger partial charge on any atom is 0.412 e. The van der Waals surface area contributed by atoms with Crippen LogP contribution in [0.25, 0.3) is 0 Å². The van der Waals surface area contributed by atoms with E-state index in [1.807, 2.05) is 26.0 Å². The predicted molar refractivity (Wildman–Crippen MR) is 65.4 cm³/mol. The Morgan fingerprint density at radius 2 is 1.72 bits per heavy atom. The lowest BCUT2D eigenvalue weighted by molar-refractivity contribution is -0.0652. The van der Waals surface area contributed by atoms with Gasteiger partial charge in [0.2, 0.25) is 0 Å². The molecule has 1 amide bonds. The zero-order valence-electron chi connectivity index (χ0n) is 10.7. The molecule has 2 atom stereocenters. The van der Waals surface area contributed by atoms with Gasteiger partial charge < -0.3 is 19.5 Å². The summed E-state index contributed by atoms with van der Waals surface area (Å²) in [5, 5.41) is 2.38. The first-order valence-electron chi connectivity index (χ1n) is 5.90. The Hall–Kier alpha value is -1.59. The van der Waals surface area contributed by atoms with Crippen LogP contribution in [0.2, 0.25) is 0 Å². The summed E-state index contributed by atoms with van der Waals surface area (Å²) in [5.41, 5.74) is 0.912. The second-order valence-electron chi connectivity index (χ2n) is 4.22. The summed E-state index contributed by atoms with van der Waals surface area (Å²) < 4.78 is 16.3. The zero-order valence-corrected chi connectivity index (χ0v) is 10.7. The lowest BCUT2D eigenvalue weighted by Crippen LogP contribution is -2.21. The average Bonchev–Trinajstić information content (AvgIpc) is 2.70. The minimum absolute atomic E-state index is 0.0804. The van der Waals surface area contributed by atoms with Gasteiger partial charge in [0.15, 0.2) is 6.29 Å². The van der Waals surface area contributed by atoms with E-state index in [2.05, 4.69) is 5.32 Å². The Labute approximate surface area is 106 Å². The van der Waals surface area contributed by atoms with Crippen LogP contribution in [0.3, 0.4) is 0 Å². The monoisotopic (exact) mass is 251 g/mol. The standard InChI is InChI=1S/C13H17NO4/c1-8-9(2)17-12(16-8)10-4-6-11(7-5-10)18-13(15)14-3/h4-9,12H,1-3H3,(H,14,15). The Morgan fingerprint density at radius 3 is 2.22 bits per heavy atom. The molecule has 1 N–H and O–H groups in total. The summed E-state index contributed by atoms with van der Waals surface area (Å²) in [7, 11) is 1.51. The van der Waals surface area contributed by atoms with E-state index in [0.717, 1.165) is 5.56 Å². The maximum atomic E-state index is 11.0. The van der Waals surface area contributed by atoms with Crippen molar-refractivity contribution in [1.29, 1.82) is 0 Å². The summed E-state index contributed by atoms with van der Waals surface area (Å²) in [6.07, 6.45) is -0.670. The molecular weight excluding hydrogens is 234 g/mol. The van der Waals surface area contributed by atoms with E-state index in [4.69, 9.17) is 14.2 Å². The number of carbonyl (C=O) groups is 1. The topological polar surface area (TPSA) is 56.8 Å². The van der Waals surface area contributed by atoms with Gasteiger partial charge in [-0.2, -0.15) is 0 Å². The van der Waals surface area contributed by atoms with Crippen LogP contribution in [0, 0.1) is 0 Å². The smallest absolute Gasteiger partial charge is 0.410 e. The van der Waals surface area contributed by atoms with Gasteiger partial charge in [-0.05, 0) is 26.0 Å². The van der Waals surface area contributed by atoms with Crippen molar-refractivity contribution < 1.29 is 19.0 Å². The lowest BCUT2D eigenvalue weighted by atomic mass is 10.2. The molecule has 5 nitrogen and oxygen atoms in total. The normalized spacial score (nSPS) is 26.9. The number of hydrogen-bond acceptors (Lipinski definition) is 4. The fraction of sp³-hybridized carbons (Fsp3) is 0.462. The Kier molecular flexibility index (Phi) is 3.84. The van der Waals surface area contributed by atoms with Crippen molar-refractivity contribution in [2.45, 2.75) is 32.3 Å². The molecule has 2 unspecified atom stereocenters. The molecule has 1 saturated heterocycles. The number of benzene rings is 1. The third kappa shape index (κ3) is 2.80. The minimum atomic E-state index is -0.488. The zero-order chi connectivity index (χ0) is 13.1. The van der Waals surface area contributed by atoms with Crippen LogP contribution in [-0.2, 0) is 9.47 Å². The molecule has 1 aliphatic rings. The molecule has 0 aliphatic carbocycles. The highest BCUT2D eigenvalue weighted by atomic mass is 16.7. The first-order chi connectivity index (χ1) is 8.60. The number of rotatable bonds is 2. The van der Waals surface area contributed by atoms with Gasteiger partial charge in [0.1, 0.15) is 5.75 Å². The molecule has 1 heterocycles. The van der Waals surface area contributed by atoms with Gasteiger partial charge in [0.05, 0.1) is 12.2 Å². The van der Waals surface area contributed by atoms with E-state index in [-0.39, 0.29) is 18.5 Å². The van der Waals surface area contributed by atoms with Crippen LogP contribution >= 0.6 is 0 Å². The molecule has 1 aliphatic heterocycles. The van der Waals surface area contributed by atoms with Crippen LogP contribution in [-0.4, -0.2) is 25.3 Å². The van der Waals surface area contributed by atoms with Crippen LogP contribution in [0.4, 0.5) is 4.79 Å². The summed E-state index contributed by atoms with van der Waals surface area (Å²) in [6.45, 7) is 3.96. The van der Waals surface area contributed by atoms with Crippen molar-refractivity contribution in [3.8, 4) is 5.75 Å². The van der Waals surface area contributed by atoms with Gasteiger partial charge in [-0.3, -0.25) is 0 Å². The van der Waals surface area contributed by atoms with E-state index in [1.54, 1.807) is 12.1 Å². The van der Waals surface area contributed by atoms with Gasteiger partial charge in [0, 0.05) is 12.6 Å². The summed E-state index contributed by atoms with van der Waals surface area (Å²) in [4.78, 5) is 11.0. The summed E-state index contributed by atoms with van der Waals surface area (Å²) in [6, 6.07) is 7.08. The van der Waals surface area contributed by atoms with Crippen molar-refractivity contribution >= 4 is 6.09 Å². The summed E-state index contributed by atoms with van der Waals surface area (Å²) in [5.74, 6) is 0.484. The molecule has 1 fully saturated rings. The van der Waals surface area contributed by atoms with Crippen molar-refractivity contribution in [3.05, 3.63) is 29.8 Å². The fourth-order valence-corrected chi connectivity index (χ4v) is 1.65. The Balaban J connectivity index is 2.02. The molecule has 0 aromatic heterocycles. The third-order valence-corrected chi connectivity index (χ3v) is 2.90. The number of hydrogen-bond donors (Lipinski definition) is 1. The molecule has 0 spiro atoms. The molecule has 0 bridgehead atoms. The average molecular weight is 251 g/mol. The van der Waals surface area contributed by atoms with Crippen molar-refractivity contribution in [2.24, 2.45) is 0 Å². The third-order valence-electron chi connectivity index (χ3n) is 2.90. The fourth-order valence-electron chi connectivity index (χ4n) is 1.65. The minimum Gasteiger partial charge on any atom is -0.410 e. The molecule has 5 heteroatoms. The lowest BCUT2D eigenvalue weighted by Gasteiger charge is -2.10. The predicted octanol–water partition coefficient (Wildman–Crippen LogP) is 2.23. The second kappa shape index (κ2) is 5.37. The maximum absolute atomic E-state index is 11.0. The van der Waals surface area contributed by atoms with E-state index < -0.39 is 6.09 Å². The Bertz CT molecular complexity index is 408. The second-order valence-corrected chi connectivity index (χ2v) is 4.22. The van der Waals surface area contributed by atoms with Crippen LogP contribution < -0.4 is 10.1 Å². The molecular formula is C13H17NO4. The van der Waals surface area contributed by atoms with Crippen molar-refractivity contribution in [1.82, 2.24) is 5.32 Å². The van der Waals surface area contributed by atoms with Crippen LogP contribution in [0.15, 0.2) is 24.3 Å². The van der Waals surface area contributed by atoms with Crippen molar-refractivity contribution in [2.75, 3.05) is 7.05 Å². The largest absolute Gasteiger partial charge is 0.412 e. The van der Waals surface area contributed by atoms with Gasteiger partial charge in [-0.15, -0.1) is 0 Å². The van der Waals surface area contributed by atoms with Gasteiger partial charge >= 0.3 is 6.09 Å². The first-order valence-corrected chi connectivity index (χ1v) is 5.90. The van der Waals surface area contributed by atoms with Gasteiger partial charge in [0.25, 0.3) is 0 Å². The van der Waals surface area contributed by atoms with Crippen molar-refractivity contribution in [3.63, 3.8) is 0 Å². The Morgan fingerprint density at radius 1 is 1.17 bits per heavy atom. The first kappa shape index (κ1) is 12.9. The molecule has 2 rings (SSSR count). The molecule has 1 aromatic carbocycles. The van der Waals surface area contributed by atoms with Crippen LogP contribution in [0.1, 0.15) is 25.7 Å². The highest BCUT2D eigenvalue weighted by Gasteiger charge is 2.30. The molecule has 0 radical (unpaired) electrons. The highest BCUT2D eigenvalue weighted by molar-refractivity contribution is 5.69. The summed E-state index contributed by atoms with van der Waals surface area (Å²) >= 11 is 0. The van der Waals surface area contributed by atoms with Gasteiger partial charge in [-0.1, -0.05) is 12.1 Å². The SMILES string of the molecule is CNC(=O)Oc1ccc(C2OC(C)C(C)O2)cc1. The van der Waals surface area contributed by atoms with E-state index in [1.165, 1.54) is 7.05 Å². The van der Waals surface area contributed by atoms with Gasteiger partial charge in [-0.25, -0.2) is 4.79 Å². The van der Waals surface area contributed by atoms with E-state index in [0.29, 0.717) is 5.75 Å². The van der Waals surface area contributed by atoms with Crippen LogP contribution in [0.5, 0.6) is 5.75 Å². The number of amides is 1. The quantitative estimate of drug-likeness (QED) is 0.875. The molecule has 98 valence electrons. The highest BCUT2D eigenvalue weighted by Crippen LogP contribution is 2.31.